The maximum atomic E-state index is 11.8. The first-order valence-electron chi connectivity index (χ1n) is 5.65. The van der Waals surface area contributed by atoms with Crippen molar-refractivity contribution in [3.05, 3.63) is 0 Å². The molecule has 15 heavy (non-hydrogen) atoms. The van der Waals surface area contributed by atoms with Crippen LogP contribution in [0, 0.1) is 0 Å². The lowest BCUT2D eigenvalue weighted by Gasteiger charge is -2.39. The smallest absolute Gasteiger partial charge is 0.236 e. The van der Waals surface area contributed by atoms with Gasteiger partial charge in [0.25, 0.3) is 0 Å². The van der Waals surface area contributed by atoms with E-state index in [0.717, 1.165) is 25.9 Å². The van der Waals surface area contributed by atoms with Crippen LogP contribution >= 0.6 is 0 Å². The van der Waals surface area contributed by atoms with E-state index in [4.69, 9.17) is 4.74 Å². The molecule has 1 heterocycles. The van der Waals surface area contributed by atoms with Gasteiger partial charge in [-0.05, 0) is 26.3 Å². The monoisotopic (exact) mass is 214 g/mol. The van der Waals surface area contributed by atoms with Gasteiger partial charge in [0.05, 0.1) is 12.1 Å². The lowest BCUT2D eigenvalue weighted by molar-refractivity contribution is -0.138. The molecule has 0 radical (unpaired) electrons. The molecule has 1 aliphatic heterocycles. The fraction of sp³-hybridized carbons (Fsp3) is 0.909. The highest BCUT2D eigenvalue weighted by molar-refractivity contribution is 5.78. The average Bonchev–Trinajstić information content (AvgIpc) is 2.26. The minimum Gasteiger partial charge on any atom is -0.377 e. The number of carbonyl (C=O) groups excluding carboxylic acids is 1. The number of likely N-dealkylation sites (N-methyl/N-ethyl adjacent to an activating group) is 1. The zero-order valence-corrected chi connectivity index (χ0v) is 10.0. The maximum absolute atomic E-state index is 11.8. The highest BCUT2D eigenvalue weighted by atomic mass is 16.5. The summed E-state index contributed by atoms with van der Waals surface area (Å²) in [6.07, 6.45) is 2.07. The van der Waals surface area contributed by atoms with Crippen molar-refractivity contribution >= 4 is 5.91 Å². The van der Waals surface area contributed by atoms with E-state index in [1.807, 2.05) is 11.8 Å². The lowest BCUT2D eigenvalue weighted by atomic mass is 9.95. The first-order chi connectivity index (χ1) is 7.11. The third kappa shape index (κ3) is 3.47. The van der Waals surface area contributed by atoms with Crippen LogP contribution in [-0.4, -0.2) is 49.7 Å². The zero-order valence-electron chi connectivity index (χ0n) is 10.0. The van der Waals surface area contributed by atoms with Crippen LogP contribution in [0.1, 0.15) is 26.7 Å². The second-order valence-electron chi connectivity index (χ2n) is 4.35. The molecule has 88 valence electrons. The molecule has 1 rings (SSSR count). The molecule has 4 heteroatoms. The quantitative estimate of drug-likeness (QED) is 0.746. The highest BCUT2D eigenvalue weighted by Gasteiger charge is 2.32. The van der Waals surface area contributed by atoms with Gasteiger partial charge in [0.2, 0.25) is 5.91 Å². The number of hydrogen-bond donors (Lipinski definition) is 1. The maximum Gasteiger partial charge on any atom is 0.236 e. The SMILES string of the molecule is CCNCC(=O)N1CCCC(C)(OC)C1. The largest absolute Gasteiger partial charge is 0.377 e. The Kier molecular flexibility index (Phi) is 4.54. The summed E-state index contributed by atoms with van der Waals surface area (Å²) < 4.78 is 5.45. The molecule has 1 N–H and O–H groups in total. The standard InChI is InChI=1S/C11H22N2O2/c1-4-12-8-10(14)13-7-5-6-11(2,9-13)15-3/h12H,4-9H2,1-3H3. The summed E-state index contributed by atoms with van der Waals surface area (Å²) >= 11 is 0. The van der Waals surface area contributed by atoms with Crippen molar-refractivity contribution in [1.82, 2.24) is 10.2 Å². The van der Waals surface area contributed by atoms with Crippen LogP contribution in [-0.2, 0) is 9.53 Å². The van der Waals surface area contributed by atoms with E-state index >= 15 is 0 Å². The van der Waals surface area contributed by atoms with Crippen LogP contribution in [0.3, 0.4) is 0 Å². The fourth-order valence-electron chi connectivity index (χ4n) is 1.93. The Morgan fingerprint density at radius 1 is 1.60 bits per heavy atom. The van der Waals surface area contributed by atoms with E-state index in [1.165, 1.54) is 0 Å². The summed E-state index contributed by atoms with van der Waals surface area (Å²) in [6, 6.07) is 0. The molecule has 1 atom stereocenters. The second-order valence-corrected chi connectivity index (χ2v) is 4.35. The Hall–Kier alpha value is -0.610. The van der Waals surface area contributed by atoms with Gasteiger partial charge >= 0.3 is 0 Å². The zero-order chi connectivity index (χ0) is 11.3. The van der Waals surface area contributed by atoms with Crippen molar-refractivity contribution in [3.8, 4) is 0 Å². The summed E-state index contributed by atoms with van der Waals surface area (Å²) in [7, 11) is 1.72. The summed E-state index contributed by atoms with van der Waals surface area (Å²) in [4.78, 5) is 13.7. The third-order valence-corrected chi connectivity index (χ3v) is 3.03. The summed E-state index contributed by atoms with van der Waals surface area (Å²) in [6.45, 7) is 6.93. The molecule has 0 aromatic carbocycles. The second kappa shape index (κ2) is 5.47. The van der Waals surface area contributed by atoms with Crippen molar-refractivity contribution < 1.29 is 9.53 Å². The number of hydrogen-bond acceptors (Lipinski definition) is 3. The molecule has 1 saturated heterocycles. The molecule has 0 saturated carbocycles. The topological polar surface area (TPSA) is 41.6 Å². The minimum atomic E-state index is -0.153. The first kappa shape index (κ1) is 12.5. The minimum absolute atomic E-state index is 0.153. The van der Waals surface area contributed by atoms with Gasteiger partial charge in [-0.3, -0.25) is 4.79 Å². The van der Waals surface area contributed by atoms with E-state index in [0.29, 0.717) is 13.1 Å². The van der Waals surface area contributed by atoms with Crippen LogP contribution < -0.4 is 5.32 Å². The molecule has 0 bridgehead atoms. The summed E-state index contributed by atoms with van der Waals surface area (Å²) in [5.41, 5.74) is -0.153. The van der Waals surface area contributed by atoms with Gasteiger partial charge in [0.1, 0.15) is 0 Å². The normalized spacial score (nSPS) is 26.7. The Labute approximate surface area is 92.0 Å². The van der Waals surface area contributed by atoms with Gasteiger partial charge in [-0.15, -0.1) is 0 Å². The highest BCUT2D eigenvalue weighted by Crippen LogP contribution is 2.23. The van der Waals surface area contributed by atoms with Gasteiger partial charge < -0.3 is 15.0 Å². The van der Waals surface area contributed by atoms with Crippen LogP contribution in [0.4, 0.5) is 0 Å². The summed E-state index contributed by atoms with van der Waals surface area (Å²) in [5, 5.41) is 3.06. The van der Waals surface area contributed by atoms with Crippen LogP contribution in [0.5, 0.6) is 0 Å². The van der Waals surface area contributed by atoms with Crippen molar-refractivity contribution in [3.63, 3.8) is 0 Å². The molecule has 4 nitrogen and oxygen atoms in total. The Bertz CT molecular complexity index is 221. The number of nitrogens with one attached hydrogen (secondary N) is 1. The number of carbonyl (C=O) groups is 1. The average molecular weight is 214 g/mol. The number of ether oxygens (including phenoxy) is 1. The van der Waals surface area contributed by atoms with Gasteiger partial charge in [-0.2, -0.15) is 0 Å². The Balaban J connectivity index is 2.45. The van der Waals surface area contributed by atoms with E-state index in [1.54, 1.807) is 7.11 Å². The van der Waals surface area contributed by atoms with E-state index in [2.05, 4.69) is 12.2 Å². The molecule has 0 aliphatic carbocycles. The number of likely N-dealkylation sites (tertiary alicyclic amines) is 1. The fourth-order valence-corrected chi connectivity index (χ4v) is 1.93. The predicted octanol–water partition coefficient (Wildman–Crippen LogP) is 0.623. The van der Waals surface area contributed by atoms with Crippen molar-refractivity contribution in [2.45, 2.75) is 32.3 Å². The van der Waals surface area contributed by atoms with Gasteiger partial charge in [-0.25, -0.2) is 0 Å². The summed E-state index contributed by atoms with van der Waals surface area (Å²) in [5.74, 6) is 0.180. The van der Waals surface area contributed by atoms with Crippen LogP contribution in [0.25, 0.3) is 0 Å². The predicted molar refractivity (Wildman–Crippen MR) is 59.8 cm³/mol. The third-order valence-electron chi connectivity index (χ3n) is 3.03. The molecule has 1 fully saturated rings. The lowest BCUT2D eigenvalue weighted by Crippen LogP contribution is -2.51. The molecule has 0 aromatic heterocycles. The Morgan fingerprint density at radius 3 is 2.93 bits per heavy atom. The molecule has 1 amide bonds. The van der Waals surface area contributed by atoms with Gasteiger partial charge in [0.15, 0.2) is 0 Å². The first-order valence-corrected chi connectivity index (χ1v) is 5.65. The number of methoxy groups -OCH3 is 1. The van der Waals surface area contributed by atoms with E-state index in [9.17, 15) is 4.79 Å². The van der Waals surface area contributed by atoms with Gasteiger partial charge in [0, 0.05) is 20.2 Å². The number of nitrogens with zero attached hydrogens (tertiary/aromatic N) is 1. The number of rotatable bonds is 4. The number of amides is 1. The van der Waals surface area contributed by atoms with Crippen LogP contribution in [0.2, 0.25) is 0 Å². The Morgan fingerprint density at radius 2 is 2.33 bits per heavy atom. The number of piperidine rings is 1. The molecular formula is C11H22N2O2. The van der Waals surface area contributed by atoms with Crippen molar-refractivity contribution in [2.24, 2.45) is 0 Å². The van der Waals surface area contributed by atoms with Crippen molar-refractivity contribution in [2.75, 3.05) is 33.3 Å². The van der Waals surface area contributed by atoms with E-state index < -0.39 is 0 Å². The molecule has 0 spiro atoms. The molecule has 1 aliphatic rings. The van der Waals surface area contributed by atoms with Crippen molar-refractivity contribution in [1.29, 1.82) is 0 Å². The van der Waals surface area contributed by atoms with Crippen LogP contribution in [0.15, 0.2) is 0 Å². The molecule has 0 aromatic rings. The molecule has 1 unspecified atom stereocenters. The molecular weight excluding hydrogens is 192 g/mol. The van der Waals surface area contributed by atoms with Gasteiger partial charge in [-0.1, -0.05) is 6.92 Å². The van der Waals surface area contributed by atoms with E-state index in [-0.39, 0.29) is 11.5 Å².